The molecule has 2 aromatic rings. The number of aliphatic carboxylic acids is 1. The summed E-state index contributed by atoms with van der Waals surface area (Å²) in [5, 5.41) is 14.0. The van der Waals surface area contributed by atoms with Crippen LogP contribution in [0.4, 0.5) is 0 Å². The maximum atomic E-state index is 11.1. The van der Waals surface area contributed by atoms with E-state index in [-0.39, 0.29) is 5.92 Å². The largest absolute Gasteiger partial charge is 0.481 e. The molecule has 4 rings (SSSR count). The van der Waals surface area contributed by atoms with E-state index in [2.05, 4.69) is 33.8 Å². The number of hydrogen-bond donors (Lipinski definition) is 1. The maximum absolute atomic E-state index is 11.1. The zero-order valence-electron chi connectivity index (χ0n) is 13.8. The van der Waals surface area contributed by atoms with E-state index in [0.717, 1.165) is 51.0 Å². The molecular weight excluding hydrogens is 302 g/mol. The van der Waals surface area contributed by atoms with Crippen molar-refractivity contribution in [2.75, 3.05) is 13.1 Å². The molecule has 1 aromatic heterocycles. The van der Waals surface area contributed by atoms with Crippen molar-refractivity contribution < 1.29 is 9.90 Å². The number of piperidine rings is 1. The van der Waals surface area contributed by atoms with Gasteiger partial charge in [0.25, 0.3) is 0 Å². The Morgan fingerprint density at radius 3 is 2.62 bits per heavy atom. The molecule has 1 aromatic carbocycles. The Morgan fingerprint density at radius 2 is 1.92 bits per heavy atom. The normalized spacial score (nSPS) is 18.7. The average molecular weight is 325 g/mol. The van der Waals surface area contributed by atoms with Crippen molar-refractivity contribution >= 4 is 5.97 Å². The summed E-state index contributed by atoms with van der Waals surface area (Å²) in [5.41, 5.74) is 5.09. The van der Waals surface area contributed by atoms with E-state index in [0.29, 0.717) is 0 Å². The van der Waals surface area contributed by atoms with Gasteiger partial charge in [0, 0.05) is 12.2 Å². The number of benzene rings is 1. The lowest BCUT2D eigenvalue weighted by Crippen LogP contribution is -2.36. The minimum Gasteiger partial charge on any atom is -0.481 e. The van der Waals surface area contributed by atoms with Crippen LogP contribution in [0.15, 0.2) is 30.3 Å². The molecule has 1 aliphatic carbocycles. The average Bonchev–Trinajstić information content (AvgIpc) is 3.20. The highest BCUT2D eigenvalue weighted by Crippen LogP contribution is 2.29. The van der Waals surface area contributed by atoms with Crippen LogP contribution in [-0.2, 0) is 24.2 Å². The second-order valence-electron chi connectivity index (χ2n) is 6.86. The number of carbonyl (C=O) groups is 1. The summed E-state index contributed by atoms with van der Waals surface area (Å²) in [7, 11) is 0. The van der Waals surface area contributed by atoms with Crippen molar-refractivity contribution in [2.24, 2.45) is 5.92 Å². The lowest BCUT2D eigenvalue weighted by atomic mass is 9.97. The Bertz CT molecular complexity index is 731. The monoisotopic (exact) mass is 325 g/mol. The molecule has 0 atom stereocenters. The third-order valence-electron chi connectivity index (χ3n) is 5.32. The second kappa shape index (κ2) is 6.40. The fraction of sp³-hybridized carbons (Fsp3) is 0.474. The Balaban J connectivity index is 1.54. The standard InChI is InChI=1S/C19H23N3O2/c23-19(24)14-9-11-21(12-10-14)13-17-16-7-4-8-18(16)22(20-17)15-5-2-1-3-6-15/h1-3,5-6,14H,4,7-13H2,(H,23,24). The SMILES string of the molecule is O=C(O)C1CCN(Cc2nn(-c3ccccc3)c3c2CCC3)CC1. The summed E-state index contributed by atoms with van der Waals surface area (Å²) in [6.45, 7) is 2.54. The van der Waals surface area contributed by atoms with Gasteiger partial charge in [0.05, 0.1) is 17.3 Å². The molecule has 1 aliphatic heterocycles. The van der Waals surface area contributed by atoms with Crippen molar-refractivity contribution in [1.29, 1.82) is 0 Å². The van der Waals surface area contributed by atoms with Gasteiger partial charge in [-0.15, -0.1) is 0 Å². The maximum Gasteiger partial charge on any atom is 0.306 e. The number of hydrogen-bond acceptors (Lipinski definition) is 3. The number of aromatic nitrogens is 2. The first-order valence-electron chi connectivity index (χ1n) is 8.82. The van der Waals surface area contributed by atoms with Crippen molar-refractivity contribution in [1.82, 2.24) is 14.7 Å². The first kappa shape index (κ1) is 15.4. The number of rotatable bonds is 4. The molecule has 0 amide bonds. The van der Waals surface area contributed by atoms with Gasteiger partial charge in [-0.1, -0.05) is 18.2 Å². The Hall–Kier alpha value is -2.14. The lowest BCUT2D eigenvalue weighted by molar-refractivity contribution is -0.143. The van der Waals surface area contributed by atoms with E-state index >= 15 is 0 Å². The van der Waals surface area contributed by atoms with Gasteiger partial charge in [0.15, 0.2) is 0 Å². The summed E-state index contributed by atoms with van der Waals surface area (Å²) in [6, 6.07) is 10.3. The first-order valence-corrected chi connectivity index (χ1v) is 8.82. The molecule has 1 N–H and O–H groups in total. The molecule has 5 nitrogen and oxygen atoms in total. The van der Waals surface area contributed by atoms with E-state index in [1.54, 1.807) is 0 Å². The minimum absolute atomic E-state index is 0.172. The topological polar surface area (TPSA) is 58.4 Å². The van der Waals surface area contributed by atoms with Crippen LogP contribution in [0.5, 0.6) is 0 Å². The smallest absolute Gasteiger partial charge is 0.306 e. The lowest BCUT2D eigenvalue weighted by Gasteiger charge is -2.29. The fourth-order valence-electron chi connectivity index (χ4n) is 3.97. The highest BCUT2D eigenvalue weighted by molar-refractivity contribution is 5.70. The summed E-state index contributed by atoms with van der Waals surface area (Å²) in [6.07, 6.45) is 4.91. The summed E-state index contributed by atoms with van der Waals surface area (Å²) in [4.78, 5) is 13.5. The van der Waals surface area contributed by atoms with Crippen LogP contribution in [0.1, 0.15) is 36.2 Å². The predicted octanol–water partition coefficient (Wildman–Crippen LogP) is 2.66. The van der Waals surface area contributed by atoms with E-state index in [4.69, 9.17) is 10.2 Å². The summed E-state index contributed by atoms with van der Waals surface area (Å²) in [5.74, 6) is -0.822. The zero-order valence-corrected chi connectivity index (χ0v) is 13.8. The molecule has 1 saturated heterocycles. The van der Waals surface area contributed by atoms with Crippen molar-refractivity contribution in [3.05, 3.63) is 47.3 Å². The Morgan fingerprint density at radius 1 is 1.17 bits per heavy atom. The number of para-hydroxylation sites is 1. The number of fused-ring (bicyclic) bond motifs is 1. The molecule has 5 heteroatoms. The van der Waals surface area contributed by atoms with Crippen LogP contribution >= 0.6 is 0 Å². The molecule has 0 saturated carbocycles. The van der Waals surface area contributed by atoms with Crippen LogP contribution in [-0.4, -0.2) is 38.8 Å². The molecule has 0 bridgehead atoms. The molecule has 2 heterocycles. The third-order valence-corrected chi connectivity index (χ3v) is 5.32. The van der Waals surface area contributed by atoms with Crippen molar-refractivity contribution in [3.8, 4) is 5.69 Å². The zero-order chi connectivity index (χ0) is 16.5. The van der Waals surface area contributed by atoms with Crippen LogP contribution < -0.4 is 0 Å². The van der Waals surface area contributed by atoms with Gasteiger partial charge in [-0.2, -0.15) is 5.10 Å². The van der Waals surface area contributed by atoms with Gasteiger partial charge in [0.1, 0.15) is 0 Å². The molecule has 0 radical (unpaired) electrons. The van der Waals surface area contributed by atoms with Crippen LogP contribution in [0.3, 0.4) is 0 Å². The summed E-state index contributed by atoms with van der Waals surface area (Å²) < 4.78 is 2.11. The number of carboxylic acids is 1. The third kappa shape index (κ3) is 2.84. The van der Waals surface area contributed by atoms with Gasteiger partial charge in [-0.25, -0.2) is 4.68 Å². The van der Waals surface area contributed by atoms with Crippen molar-refractivity contribution in [2.45, 2.75) is 38.6 Å². The quantitative estimate of drug-likeness (QED) is 0.939. The van der Waals surface area contributed by atoms with Crippen molar-refractivity contribution in [3.63, 3.8) is 0 Å². The van der Waals surface area contributed by atoms with Gasteiger partial charge in [-0.05, 0) is 62.9 Å². The molecule has 2 aliphatic rings. The number of carboxylic acid groups (broad SMARTS) is 1. The Kier molecular flexibility index (Phi) is 4.10. The van der Waals surface area contributed by atoms with Crippen LogP contribution in [0.2, 0.25) is 0 Å². The van der Waals surface area contributed by atoms with Gasteiger partial charge in [-0.3, -0.25) is 9.69 Å². The second-order valence-corrected chi connectivity index (χ2v) is 6.86. The first-order chi connectivity index (χ1) is 11.7. The van der Waals surface area contributed by atoms with E-state index in [1.807, 2.05) is 6.07 Å². The van der Waals surface area contributed by atoms with Gasteiger partial charge in [0.2, 0.25) is 0 Å². The van der Waals surface area contributed by atoms with Crippen LogP contribution in [0.25, 0.3) is 5.69 Å². The fourth-order valence-corrected chi connectivity index (χ4v) is 3.97. The van der Waals surface area contributed by atoms with Gasteiger partial charge < -0.3 is 5.11 Å². The van der Waals surface area contributed by atoms with E-state index in [9.17, 15) is 4.79 Å². The molecule has 0 spiro atoms. The predicted molar refractivity (Wildman–Crippen MR) is 91.2 cm³/mol. The molecule has 126 valence electrons. The highest BCUT2D eigenvalue weighted by atomic mass is 16.4. The summed E-state index contributed by atoms with van der Waals surface area (Å²) >= 11 is 0. The number of likely N-dealkylation sites (tertiary alicyclic amines) is 1. The highest BCUT2D eigenvalue weighted by Gasteiger charge is 2.28. The molecule has 1 fully saturated rings. The van der Waals surface area contributed by atoms with E-state index < -0.39 is 5.97 Å². The minimum atomic E-state index is -0.649. The molecular formula is C19H23N3O2. The Labute approximate surface area is 141 Å². The number of nitrogens with zero attached hydrogens (tertiary/aromatic N) is 3. The van der Waals surface area contributed by atoms with Crippen LogP contribution in [0, 0.1) is 5.92 Å². The molecule has 0 unspecified atom stereocenters. The van der Waals surface area contributed by atoms with Gasteiger partial charge >= 0.3 is 5.97 Å². The molecule has 24 heavy (non-hydrogen) atoms. The van der Waals surface area contributed by atoms with E-state index in [1.165, 1.54) is 23.4 Å².